The maximum atomic E-state index is 12.2. The number of nitrogens with one attached hydrogen (secondary N) is 3. The number of H-pyrrole nitrogens is 2. The molecule has 3 N–H and O–H groups in total. The molecule has 0 saturated carbocycles. The normalized spacial score (nSPS) is 19.4. The average Bonchev–Trinajstić information content (AvgIpc) is 2.39. The fourth-order valence-electron chi connectivity index (χ4n) is 1.99. The number of amides is 1. The molecule has 2 heterocycles. The third-order valence-corrected chi connectivity index (χ3v) is 2.91. The van der Waals surface area contributed by atoms with Crippen LogP contribution in [0.15, 0.2) is 15.8 Å². The van der Waals surface area contributed by atoms with E-state index in [0.29, 0.717) is 26.2 Å². The van der Waals surface area contributed by atoms with Gasteiger partial charge in [0, 0.05) is 25.8 Å². The van der Waals surface area contributed by atoms with Crippen LogP contribution in [0.4, 0.5) is 0 Å². The second kappa shape index (κ2) is 5.81. The number of ether oxygens (including phenoxy) is 1. The maximum absolute atomic E-state index is 12.2. The van der Waals surface area contributed by atoms with Crippen LogP contribution in [0.1, 0.15) is 10.4 Å². The number of morpholine rings is 1. The molecule has 1 saturated heterocycles. The molecule has 104 valence electrons. The summed E-state index contributed by atoms with van der Waals surface area (Å²) in [7, 11) is 1.80. The van der Waals surface area contributed by atoms with E-state index in [1.54, 1.807) is 11.9 Å². The largest absolute Gasteiger partial charge is 0.373 e. The van der Waals surface area contributed by atoms with Gasteiger partial charge in [-0.1, -0.05) is 0 Å². The number of likely N-dealkylation sites (N-methyl/N-ethyl adjacent to an activating group) is 1. The van der Waals surface area contributed by atoms with Crippen molar-refractivity contribution in [3.63, 3.8) is 0 Å². The highest BCUT2D eigenvalue weighted by Crippen LogP contribution is 2.07. The Morgan fingerprint density at radius 2 is 2.37 bits per heavy atom. The fraction of sp³-hybridized carbons (Fsp3) is 0.545. The van der Waals surface area contributed by atoms with Gasteiger partial charge in [-0.15, -0.1) is 0 Å². The van der Waals surface area contributed by atoms with Crippen molar-refractivity contribution in [2.75, 3.05) is 33.3 Å². The van der Waals surface area contributed by atoms with E-state index in [1.807, 2.05) is 4.98 Å². The van der Waals surface area contributed by atoms with Gasteiger partial charge in [0.25, 0.3) is 11.5 Å². The molecule has 0 aliphatic carbocycles. The van der Waals surface area contributed by atoms with Crippen molar-refractivity contribution in [1.82, 2.24) is 20.2 Å². The number of aromatic amines is 2. The molecule has 1 amide bonds. The van der Waals surface area contributed by atoms with E-state index < -0.39 is 17.2 Å². The summed E-state index contributed by atoms with van der Waals surface area (Å²) in [6, 6.07) is 0. The summed E-state index contributed by atoms with van der Waals surface area (Å²) in [6.45, 7) is 1.90. The monoisotopic (exact) mass is 268 g/mol. The minimum atomic E-state index is -0.676. The molecule has 1 aromatic heterocycles. The molecule has 1 aliphatic heterocycles. The van der Waals surface area contributed by atoms with Gasteiger partial charge >= 0.3 is 5.69 Å². The van der Waals surface area contributed by atoms with Crippen LogP contribution in [0, 0.1) is 0 Å². The van der Waals surface area contributed by atoms with Crippen LogP contribution in [0.2, 0.25) is 0 Å². The molecule has 1 unspecified atom stereocenters. The van der Waals surface area contributed by atoms with Crippen LogP contribution in [-0.2, 0) is 4.74 Å². The summed E-state index contributed by atoms with van der Waals surface area (Å²) in [5.74, 6) is -0.401. The van der Waals surface area contributed by atoms with Gasteiger partial charge in [0.15, 0.2) is 0 Å². The molecule has 1 aliphatic rings. The first-order chi connectivity index (χ1) is 9.11. The van der Waals surface area contributed by atoms with Gasteiger partial charge in [-0.05, 0) is 7.05 Å². The second-order valence-corrected chi connectivity index (χ2v) is 4.29. The third kappa shape index (κ3) is 3.09. The Morgan fingerprint density at radius 3 is 3.05 bits per heavy atom. The third-order valence-electron chi connectivity index (χ3n) is 2.91. The van der Waals surface area contributed by atoms with Crippen molar-refractivity contribution in [2.24, 2.45) is 0 Å². The van der Waals surface area contributed by atoms with Crippen molar-refractivity contribution in [1.29, 1.82) is 0 Å². The predicted molar refractivity (Wildman–Crippen MR) is 67.3 cm³/mol. The van der Waals surface area contributed by atoms with Crippen LogP contribution in [0.5, 0.6) is 0 Å². The Labute approximate surface area is 108 Å². The highest BCUT2D eigenvalue weighted by Gasteiger charge is 2.26. The van der Waals surface area contributed by atoms with E-state index in [0.717, 1.165) is 6.20 Å². The molecule has 19 heavy (non-hydrogen) atoms. The quantitative estimate of drug-likeness (QED) is 0.595. The second-order valence-electron chi connectivity index (χ2n) is 4.29. The molecule has 0 spiro atoms. The number of aromatic nitrogens is 2. The van der Waals surface area contributed by atoms with E-state index >= 15 is 0 Å². The van der Waals surface area contributed by atoms with E-state index in [2.05, 4.69) is 10.3 Å². The molecule has 8 heteroatoms. The molecule has 2 rings (SSSR count). The Bertz CT molecular complexity index is 562. The van der Waals surface area contributed by atoms with Crippen molar-refractivity contribution in [2.45, 2.75) is 6.10 Å². The SMILES string of the molecule is CNCC1CN(C(=O)c2c[nH]c(=O)[nH]c2=O)CCO1. The van der Waals surface area contributed by atoms with Crippen LogP contribution in [-0.4, -0.2) is 60.2 Å². The first-order valence-corrected chi connectivity index (χ1v) is 5.99. The number of carbonyl (C=O) groups is 1. The van der Waals surface area contributed by atoms with Gasteiger partial charge in [-0.2, -0.15) is 0 Å². The lowest BCUT2D eigenvalue weighted by atomic mass is 10.2. The maximum Gasteiger partial charge on any atom is 0.325 e. The summed E-state index contributed by atoms with van der Waals surface area (Å²) in [4.78, 5) is 40.6. The van der Waals surface area contributed by atoms with Gasteiger partial charge in [-0.25, -0.2) is 4.79 Å². The fourth-order valence-corrected chi connectivity index (χ4v) is 1.99. The van der Waals surface area contributed by atoms with E-state index in [9.17, 15) is 14.4 Å². The lowest BCUT2D eigenvalue weighted by Gasteiger charge is -2.32. The standard InChI is InChI=1S/C11H16N4O4/c1-12-4-7-6-15(2-3-19-7)10(17)8-5-13-11(18)14-9(8)16/h5,7,12H,2-4,6H2,1H3,(H2,13,14,16,18). The molecule has 8 nitrogen and oxygen atoms in total. The van der Waals surface area contributed by atoms with Crippen molar-refractivity contribution >= 4 is 5.91 Å². The number of hydrogen-bond acceptors (Lipinski definition) is 5. The zero-order valence-corrected chi connectivity index (χ0v) is 10.6. The van der Waals surface area contributed by atoms with Gasteiger partial charge in [0.05, 0.1) is 12.7 Å². The molecule has 0 radical (unpaired) electrons. The molecular weight excluding hydrogens is 252 g/mol. The first-order valence-electron chi connectivity index (χ1n) is 5.99. The summed E-state index contributed by atoms with van der Waals surface area (Å²) < 4.78 is 5.48. The van der Waals surface area contributed by atoms with Crippen LogP contribution in [0.3, 0.4) is 0 Å². The number of carbonyl (C=O) groups excluding carboxylic acids is 1. The van der Waals surface area contributed by atoms with E-state index in [4.69, 9.17) is 4.74 Å². The molecular formula is C11H16N4O4. The summed E-state index contributed by atoms with van der Waals surface area (Å²) in [5, 5.41) is 2.98. The Balaban J connectivity index is 2.14. The predicted octanol–water partition coefficient (Wildman–Crippen LogP) is -1.88. The van der Waals surface area contributed by atoms with Crippen LogP contribution in [0.25, 0.3) is 0 Å². The highest BCUT2D eigenvalue weighted by molar-refractivity contribution is 5.93. The van der Waals surface area contributed by atoms with Crippen molar-refractivity contribution < 1.29 is 9.53 Å². The van der Waals surface area contributed by atoms with Gasteiger partial charge in [0.1, 0.15) is 5.56 Å². The smallest absolute Gasteiger partial charge is 0.325 e. The number of rotatable bonds is 3. The van der Waals surface area contributed by atoms with E-state index in [-0.39, 0.29) is 11.7 Å². The Hall–Kier alpha value is -1.93. The number of nitrogens with zero attached hydrogens (tertiary/aromatic N) is 1. The van der Waals surface area contributed by atoms with Crippen LogP contribution >= 0.6 is 0 Å². The lowest BCUT2D eigenvalue weighted by Crippen LogP contribution is -2.49. The van der Waals surface area contributed by atoms with Crippen molar-refractivity contribution in [3.8, 4) is 0 Å². The zero-order valence-electron chi connectivity index (χ0n) is 10.6. The summed E-state index contributed by atoms with van der Waals surface area (Å²) >= 11 is 0. The number of hydrogen-bond donors (Lipinski definition) is 3. The zero-order chi connectivity index (χ0) is 13.8. The summed E-state index contributed by atoms with van der Waals surface area (Å²) in [6.07, 6.45) is 1.05. The topological polar surface area (TPSA) is 107 Å². The lowest BCUT2D eigenvalue weighted by molar-refractivity contribution is -0.0197. The molecule has 0 bridgehead atoms. The minimum absolute atomic E-state index is 0.0651. The minimum Gasteiger partial charge on any atom is -0.373 e. The average molecular weight is 268 g/mol. The van der Waals surface area contributed by atoms with Crippen LogP contribution < -0.4 is 16.6 Å². The van der Waals surface area contributed by atoms with Gasteiger partial charge in [0.2, 0.25) is 0 Å². The van der Waals surface area contributed by atoms with Gasteiger partial charge in [-0.3, -0.25) is 14.6 Å². The van der Waals surface area contributed by atoms with E-state index in [1.165, 1.54) is 0 Å². The first kappa shape index (κ1) is 13.5. The Morgan fingerprint density at radius 1 is 1.58 bits per heavy atom. The molecule has 1 atom stereocenters. The highest BCUT2D eigenvalue weighted by atomic mass is 16.5. The van der Waals surface area contributed by atoms with Gasteiger partial charge < -0.3 is 19.9 Å². The summed E-state index contributed by atoms with van der Waals surface area (Å²) in [5.41, 5.74) is -1.37. The Kier molecular flexibility index (Phi) is 4.13. The molecule has 1 aromatic rings. The molecule has 1 fully saturated rings. The van der Waals surface area contributed by atoms with Crippen molar-refractivity contribution in [3.05, 3.63) is 32.6 Å². The molecule has 0 aromatic carbocycles.